The molecule has 1 unspecified atom stereocenters. The van der Waals surface area contributed by atoms with E-state index in [2.05, 4.69) is 58.6 Å². The maximum Gasteiger partial charge on any atom is 0.279 e. The van der Waals surface area contributed by atoms with Crippen LogP contribution < -0.4 is 20.0 Å². The van der Waals surface area contributed by atoms with E-state index < -0.39 is 0 Å². The van der Waals surface area contributed by atoms with Crippen molar-refractivity contribution in [2.75, 3.05) is 68.1 Å². The number of carbonyl (C=O) groups is 1. The molecule has 0 radical (unpaired) electrons. The predicted molar refractivity (Wildman–Crippen MR) is 121 cm³/mol. The number of ether oxygens (including phenoxy) is 1. The Labute approximate surface area is 179 Å². The first-order valence-electron chi connectivity index (χ1n) is 11.1. The minimum absolute atomic E-state index is 0.0466. The number of anilines is 3. The molecule has 1 amide bonds. The van der Waals surface area contributed by atoms with E-state index in [1.165, 1.54) is 34.7 Å². The average Bonchev–Trinajstić information content (AvgIpc) is 3.30. The van der Waals surface area contributed by atoms with Crippen molar-refractivity contribution in [1.29, 1.82) is 0 Å². The van der Waals surface area contributed by atoms with Gasteiger partial charge in [-0.15, -0.1) is 0 Å². The molecule has 0 saturated carbocycles. The summed E-state index contributed by atoms with van der Waals surface area (Å²) >= 11 is 0. The molecule has 2 N–H and O–H groups in total. The second-order valence-electron chi connectivity index (χ2n) is 8.33. The number of quaternary nitrogens is 1. The van der Waals surface area contributed by atoms with Crippen LogP contribution in [-0.2, 0) is 16.1 Å². The van der Waals surface area contributed by atoms with Crippen LogP contribution in [0, 0.1) is 0 Å². The number of nitrogens with zero attached hydrogens (tertiary/aromatic N) is 2. The smallest absolute Gasteiger partial charge is 0.279 e. The van der Waals surface area contributed by atoms with Crippen LogP contribution >= 0.6 is 0 Å². The van der Waals surface area contributed by atoms with Crippen LogP contribution in [-0.4, -0.2) is 58.9 Å². The van der Waals surface area contributed by atoms with E-state index in [4.69, 9.17) is 4.74 Å². The Morgan fingerprint density at radius 3 is 2.40 bits per heavy atom. The number of nitrogens with one attached hydrogen (secondary N) is 2. The largest absolute Gasteiger partial charge is 0.378 e. The van der Waals surface area contributed by atoms with Gasteiger partial charge in [0.25, 0.3) is 5.91 Å². The summed E-state index contributed by atoms with van der Waals surface area (Å²) in [5.74, 6) is 0.0466. The molecule has 2 aliphatic heterocycles. The lowest BCUT2D eigenvalue weighted by atomic mass is 10.1. The quantitative estimate of drug-likeness (QED) is 0.732. The van der Waals surface area contributed by atoms with Gasteiger partial charge in [0.05, 0.1) is 20.3 Å². The van der Waals surface area contributed by atoms with E-state index in [9.17, 15) is 4.79 Å². The lowest BCUT2D eigenvalue weighted by molar-refractivity contribution is -0.885. The number of benzene rings is 2. The molecule has 2 saturated heterocycles. The molecule has 2 aromatic rings. The lowest BCUT2D eigenvalue weighted by Crippen LogP contribution is -3.08. The summed E-state index contributed by atoms with van der Waals surface area (Å²) in [6, 6.07) is 16.7. The van der Waals surface area contributed by atoms with E-state index in [-0.39, 0.29) is 5.91 Å². The first-order valence-corrected chi connectivity index (χ1v) is 11.1. The maximum atomic E-state index is 12.6. The zero-order chi connectivity index (χ0) is 20.8. The molecule has 4 rings (SSSR count). The van der Waals surface area contributed by atoms with E-state index >= 15 is 0 Å². The fraction of sp³-hybridized carbons (Fsp3) is 0.458. The molecule has 1 atom stereocenters. The molecule has 6 heteroatoms. The van der Waals surface area contributed by atoms with Crippen LogP contribution in [0.1, 0.15) is 18.4 Å². The number of hydrogen-bond donors (Lipinski definition) is 2. The number of carbonyl (C=O) groups excluding carboxylic acids is 1. The molecule has 2 heterocycles. The highest BCUT2D eigenvalue weighted by molar-refractivity contribution is 5.91. The third-order valence-electron chi connectivity index (χ3n) is 5.92. The maximum absolute atomic E-state index is 12.6. The third kappa shape index (κ3) is 5.32. The molecular formula is C24H33N4O2+. The van der Waals surface area contributed by atoms with Crippen molar-refractivity contribution in [2.24, 2.45) is 0 Å². The van der Waals surface area contributed by atoms with Crippen LogP contribution in [0.4, 0.5) is 17.1 Å². The van der Waals surface area contributed by atoms with Crippen molar-refractivity contribution in [3.8, 4) is 0 Å². The highest BCUT2D eigenvalue weighted by atomic mass is 16.5. The molecule has 0 bridgehead atoms. The Morgan fingerprint density at radius 1 is 0.967 bits per heavy atom. The average molecular weight is 410 g/mol. The Hall–Kier alpha value is -2.57. The standard InChI is InChI=1S/C24H32N4O2/c1-26(18-20-6-2-3-7-23(20)28-14-16-30-17-15-28)19-24(29)25-21-8-10-22(11-9-21)27-12-4-5-13-27/h2-3,6-11H,4-5,12-19H2,1H3,(H,25,29)/p+1. The monoisotopic (exact) mass is 409 g/mol. The highest BCUT2D eigenvalue weighted by Crippen LogP contribution is 2.22. The summed E-state index contributed by atoms with van der Waals surface area (Å²) in [6.07, 6.45) is 2.53. The van der Waals surface area contributed by atoms with Gasteiger partial charge in [-0.05, 0) is 43.2 Å². The highest BCUT2D eigenvalue weighted by Gasteiger charge is 2.18. The molecule has 0 aromatic heterocycles. The Morgan fingerprint density at radius 2 is 1.67 bits per heavy atom. The third-order valence-corrected chi connectivity index (χ3v) is 5.92. The summed E-state index contributed by atoms with van der Waals surface area (Å²) in [5.41, 5.74) is 4.65. The van der Waals surface area contributed by atoms with Crippen molar-refractivity contribution in [3.05, 3.63) is 54.1 Å². The fourth-order valence-corrected chi connectivity index (χ4v) is 4.37. The zero-order valence-corrected chi connectivity index (χ0v) is 17.9. The van der Waals surface area contributed by atoms with Gasteiger partial charge in [0.2, 0.25) is 0 Å². The van der Waals surface area contributed by atoms with Crippen LogP contribution in [0.5, 0.6) is 0 Å². The number of morpholine rings is 1. The van der Waals surface area contributed by atoms with Crippen LogP contribution in [0.15, 0.2) is 48.5 Å². The molecule has 30 heavy (non-hydrogen) atoms. The SMILES string of the molecule is C[NH+](CC(=O)Nc1ccc(N2CCCC2)cc1)Cc1ccccc1N1CCOCC1. The predicted octanol–water partition coefficient (Wildman–Crippen LogP) is 1.78. The minimum Gasteiger partial charge on any atom is -0.378 e. The normalized spacial score (nSPS) is 17.8. The molecule has 6 nitrogen and oxygen atoms in total. The summed E-state index contributed by atoms with van der Waals surface area (Å²) in [4.78, 5) is 18.5. The van der Waals surface area contributed by atoms with Gasteiger partial charge in [-0.3, -0.25) is 4.79 Å². The summed E-state index contributed by atoms with van der Waals surface area (Å²) in [5, 5.41) is 3.05. The zero-order valence-electron chi connectivity index (χ0n) is 17.9. The van der Waals surface area contributed by atoms with E-state index in [1.807, 2.05) is 12.1 Å². The number of likely N-dealkylation sites (N-methyl/N-ethyl adjacent to an activating group) is 1. The van der Waals surface area contributed by atoms with E-state index in [1.54, 1.807) is 0 Å². The lowest BCUT2D eigenvalue weighted by Gasteiger charge is -2.30. The molecule has 2 aliphatic rings. The topological polar surface area (TPSA) is 49.2 Å². The number of hydrogen-bond acceptors (Lipinski definition) is 4. The van der Waals surface area contributed by atoms with Gasteiger partial charge >= 0.3 is 0 Å². The number of para-hydroxylation sites is 1. The van der Waals surface area contributed by atoms with E-state index in [0.717, 1.165) is 51.6 Å². The van der Waals surface area contributed by atoms with Gasteiger partial charge in [-0.25, -0.2) is 0 Å². The number of amides is 1. The Bertz CT molecular complexity index is 827. The minimum atomic E-state index is 0.0466. The van der Waals surface area contributed by atoms with Gasteiger partial charge in [-0.2, -0.15) is 0 Å². The molecular weight excluding hydrogens is 376 g/mol. The van der Waals surface area contributed by atoms with Crippen molar-refractivity contribution in [2.45, 2.75) is 19.4 Å². The summed E-state index contributed by atoms with van der Waals surface area (Å²) < 4.78 is 5.49. The van der Waals surface area contributed by atoms with Crippen molar-refractivity contribution >= 4 is 23.0 Å². The molecule has 2 aromatic carbocycles. The fourth-order valence-electron chi connectivity index (χ4n) is 4.37. The second-order valence-corrected chi connectivity index (χ2v) is 8.33. The second kappa shape index (κ2) is 9.96. The molecule has 2 fully saturated rings. The van der Waals surface area contributed by atoms with Crippen molar-refractivity contribution < 1.29 is 14.4 Å². The number of rotatable bonds is 7. The summed E-state index contributed by atoms with van der Waals surface area (Å²) in [6.45, 7) is 6.90. The van der Waals surface area contributed by atoms with Crippen molar-refractivity contribution in [3.63, 3.8) is 0 Å². The molecule has 160 valence electrons. The van der Waals surface area contributed by atoms with Gasteiger partial charge in [0, 0.05) is 48.8 Å². The van der Waals surface area contributed by atoms with Gasteiger partial charge < -0.3 is 24.8 Å². The molecule has 0 spiro atoms. The van der Waals surface area contributed by atoms with Crippen molar-refractivity contribution in [1.82, 2.24) is 0 Å². The Kier molecular flexibility index (Phi) is 6.87. The first-order chi connectivity index (χ1) is 14.7. The van der Waals surface area contributed by atoms with Gasteiger partial charge in [0.15, 0.2) is 6.54 Å². The van der Waals surface area contributed by atoms with Gasteiger partial charge in [0.1, 0.15) is 6.54 Å². The van der Waals surface area contributed by atoms with Crippen LogP contribution in [0.25, 0.3) is 0 Å². The molecule has 0 aliphatic carbocycles. The first kappa shape index (κ1) is 20.7. The Balaban J connectivity index is 1.31. The van der Waals surface area contributed by atoms with Crippen LogP contribution in [0.3, 0.4) is 0 Å². The van der Waals surface area contributed by atoms with Crippen LogP contribution in [0.2, 0.25) is 0 Å². The van der Waals surface area contributed by atoms with E-state index in [0.29, 0.717) is 6.54 Å². The van der Waals surface area contributed by atoms with Gasteiger partial charge in [-0.1, -0.05) is 18.2 Å². The summed E-state index contributed by atoms with van der Waals surface area (Å²) in [7, 11) is 2.08.